The standard InChI is InChI=1S/C11H11FN2O/c12-11-5-9(2-1-8(11)6-13)14-4-3-10(15)7-14/h1-2,5,10,15H,3-4,7H2. The SMILES string of the molecule is N#Cc1ccc(N2CCC(O)C2)cc1F. The molecule has 2 rings (SSSR count). The second-order valence-corrected chi connectivity index (χ2v) is 3.66. The average molecular weight is 206 g/mol. The van der Waals surface area contributed by atoms with Crippen LogP contribution in [0, 0.1) is 17.1 Å². The van der Waals surface area contributed by atoms with Gasteiger partial charge in [-0.2, -0.15) is 5.26 Å². The topological polar surface area (TPSA) is 47.3 Å². The number of hydrogen-bond acceptors (Lipinski definition) is 3. The van der Waals surface area contributed by atoms with Crippen molar-refractivity contribution in [2.75, 3.05) is 18.0 Å². The molecule has 4 heteroatoms. The molecule has 1 aliphatic heterocycles. The lowest BCUT2D eigenvalue weighted by Crippen LogP contribution is -2.21. The number of hydrogen-bond donors (Lipinski definition) is 1. The zero-order valence-corrected chi connectivity index (χ0v) is 8.15. The number of nitriles is 1. The van der Waals surface area contributed by atoms with Gasteiger partial charge in [-0.1, -0.05) is 0 Å². The lowest BCUT2D eigenvalue weighted by Gasteiger charge is -2.17. The third kappa shape index (κ3) is 1.92. The van der Waals surface area contributed by atoms with E-state index >= 15 is 0 Å². The van der Waals surface area contributed by atoms with Crippen molar-refractivity contribution < 1.29 is 9.50 Å². The van der Waals surface area contributed by atoms with Crippen molar-refractivity contribution in [1.29, 1.82) is 5.26 Å². The summed E-state index contributed by atoms with van der Waals surface area (Å²) in [7, 11) is 0. The van der Waals surface area contributed by atoms with E-state index in [0.717, 1.165) is 12.2 Å². The Hall–Kier alpha value is -1.60. The Balaban J connectivity index is 2.24. The Morgan fingerprint density at radius 2 is 2.33 bits per heavy atom. The molecular formula is C11H11FN2O. The number of anilines is 1. The summed E-state index contributed by atoms with van der Waals surface area (Å²) in [6.45, 7) is 1.26. The minimum Gasteiger partial charge on any atom is -0.391 e. The highest BCUT2D eigenvalue weighted by molar-refractivity contribution is 5.51. The third-order valence-electron chi connectivity index (χ3n) is 2.60. The predicted octanol–water partition coefficient (Wildman–Crippen LogP) is 1.27. The van der Waals surface area contributed by atoms with Crippen LogP contribution in [0.5, 0.6) is 0 Å². The van der Waals surface area contributed by atoms with Crippen molar-refractivity contribution in [3.63, 3.8) is 0 Å². The van der Waals surface area contributed by atoms with E-state index in [9.17, 15) is 9.50 Å². The maximum atomic E-state index is 13.3. The van der Waals surface area contributed by atoms with E-state index in [4.69, 9.17) is 5.26 Å². The molecule has 1 aromatic rings. The molecule has 0 aliphatic carbocycles. The molecule has 1 aromatic carbocycles. The zero-order valence-electron chi connectivity index (χ0n) is 8.15. The largest absolute Gasteiger partial charge is 0.391 e. The number of aliphatic hydroxyl groups excluding tert-OH is 1. The van der Waals surface area contributed by atoms with Gasteiger partial charge in [-0.05, 0) is 24.6 Å². The van der Waals surface area contributed by atoms with Gasteiger partial charge in [0.15, 0.2) is 0 Å². The van der Waals surface area contributed by atoms with Gasteiger partial charge in [0.05, 0.1) is 11.7 Å². The molecule has 0 aromatic heterocycles. The Morgan fingerprint density at radius 1 is 1.53 bits per heavy atom. The molecular weight excluding hydrogens is 195 g/mol. The van der Waals surface area contributed by atoms with Crippen LogP contribution in [0.25, 0.3) is 0 Å². The van der Waals surface area contributed by atoms with Crippen molar-refractivity contribution in [3.05, 3.63) is 29.6 Å². The molecule has 1 aliphatic rings. The molecule has 1 heterocycles. The van der Waals surface area contributed by atoms with Gasteiger partial charge in [0.1, 0.15) is 11.9 Å². The molecule has 1 atom stereocenters. The van der Waals surface area contributed by atoms with Crippen molar-refractivity contribution in [2.24, 2.45) is 0 Å². The normalized spacial score (nSPS) is 20.3. The number of halogens is 1. The van der Waals surface area contributed by atoms with Crippen molar-refractivity contribution >= 4 is 5.69 Å². The summed E-state index contributed by atoms with van der Waals surface area (Å²) in [6.07, 6.45) is 0.380. The van der Waals surface area contributed by atoms with E-state index < -0.39 is 5.82 Å². The first kappa shape index (κ1) is 9.94. The van der Waals surface area contributed by atoms with Crippen molar-refractivity contribution in [3.8, 4) is 6.07 Å². The molecule has 15 heavy (non-hydrogen) atoms. The number of nitrogens with zero attached hydrogens (tertiary/aromatic N) is 2. The monoisotopic (exact) mass is 206 g/mol. The van der Waals surface area contributed by atoms with Crippen LogP contribution in [0.2, 0.25) is 0 Å². The van der Waals surface area contributed by atoms with Gasteiger partial charge in [-0.15, -0.1) is 0 Å². The van der Waals surface area contributed by atoms with Gasteiger partial charge in [-0.25, -0.2) is 4.39 Å². The van der Waals surface area contributed by atoms with Crippen LogP contribution < -0.4 is 4.90 Å². The first-order valence-electron chi connectivity index (χ1n) is 4.83. The molecule has 78 valence electrons. The molecule has 0 spiro atoms. The highest BCUT2D eigenvalue weighted by Crippen LogP contribution is 2.22. The maximum absolute atomic E-state index is 13.3. The molecule has 0 bridgehead atoms. The maximum Gasteiger partial charge on any atom is 0.143 e. The Labute approximate surface area is 87.4 Å². The summed E-state index contributed by atoms with van der Waals surface area (Å²) in [5.74, 6) is -0.503. The first-order chi connectivity index (χ1) is 7.20. The van der Waals surface area contributed by atoms with Crippen LogP contribution in [0.3, 0.4) is 0 Å². The smallest absolute Gasteiger partial charge is 0.143 e. The van der Waals surface area contributed by atoms with E-state index in [1.807, 2.05) is 4.90 Å². The van der Waals surface area contributed by atoms with E-state index in [2.05, 4.69) is 0 Å². The minimum atomic E-state index is -0.503. The van der Waals surface area contributed by atoms with Gasteiger partial charge in [-0.3, -0.25) is 0 Å². The van der Waals surface area contributed by atoms with Crippen LogP contribution in [0.15, 0.2) is 18.2 Å². The second-order valence-electron chi connectivity index (χ2n) is 3.66. The summed E-state index contributed by atoms with van der Waals surface area (Å²) in [6, 6.07) is 6.30. The first-order valence-corrected chi connectivity index (χ1v) is 4.83. The highest BCUT2D eigenvalue weighted by Gasteiger charge is 2.20. The van der Waals surface area contributed by atoms with Gasteiger partial charge in [0.25, 0.3) is 0 Å². The molecule has 0 saturated carbocycles. The molecule has 1 N–H and O–H groups in total. The summed E-state index contributed by atoms with van der Waals surface area (Å²) in [5, 5.41) is 17.9. The van der Waals surface area contributed by atoms with E-state index in [1.165, 1.54) is 12.1 Å². The zero-order chi connectivity index (χ0) is 10.8. The Morgan fingerprint density at radius 3 is 2.87 bits per heavy atom. The van der Waals surface area contributed by atoms with Crippen LogP contribution in [-0.4, -0.2) is 24.3 Å². The molecule has 3 nitrogen and oxygen atoms in total. The molecule has 1 fully saturated rings. The van der Waals surface area contributed by atoms with E-state index in [1.54, 1.807) is 12.1 Å². The highest BCUT2D eigenvalue weighted by atomic mass is 19.1. The van der Waals surface area contributed by atoms with Crippen LogP contribution in [0.1, 0.15) is 12.0 Å². The number of aliphatic hydroxyl groups is 1. The minimum absolute atomic E-state index is 0.0542. The van der Waals surface area contributed by atoms with Crippen molar-refractivity contribution in [2.45, 2.75) is 12.5 Å². The summed E-state index contributed by atoms with van der Waals surface area (Å²) >= 11 is 0. The number of benzene rings is 1. The third-order valence-corrected chi connectivity index (χ3v) is 2.60. The molecule has 1 saturated heterocycles. The van der Waals surface area contributed by atoms with E-state index in [-0.39, 0.29) is 11.7 Å². The fraction of sp³-hybridized carbons (Fsp3) is 0.364. The molecule has 1 unspecified atom stereocenters. The van der Waals surface area contributed by atoms with Gasteiger partial charge in [0.2, 0.25) is 0 Å². The fourth-order valence-electron chi connectivity index (χ4n) is 1.77. The number of β-amino-alcohol motifs (C(OH)–C–C–N with tert-alkyl or cyclic N) is 1. The molecule has 0 amide bonds. The fourth-order valence-corrected chi connectivity index (χ4v) is 1.77. The van der Waals surface area contributed by atoms with Crippen LogP contribution in [0.4, 0.5) is 10.1 Å². The Kier molecular flexibility index (Phi) is 2.57. The second kappa shape index (κ2) is 3.87. The van der Waals surface area contributed by atoms with Crippen molar-refractivity contribution in [1.82, 2.24) is 0 Å². The lowest BCUT2D eigenvalue weighted by molar-refractivity contribution is 0.198. The molecule has 0 radical (unpaired) electrons. The lowest BCUT2D eigenvalue weighted by atomic mass is 10.2. The summed E-state index contributed by atoms with van der Waals surface area (Å²) in [5.41, 5.74) is 0.779. The van der Waals surface area contributed by atoms with Gasteiger partial charge in [0, 0.05) is 18.8 Å². The van der Waals surface area contributed by atoms with Gasteiger partial charge >= 0.3 is 0 Å². The van der Waals surface area contributed by atoms with Gasteiger partial charge < -0.3 is 10.0 Å². The summed E-state index contributed by atoms with van der Waals surface area (Å²) < 4.78 is 13.3. The quantitative estimate of drug-likeness (QED) is 0.752. The average Bonchev–Trinajstić information content (AvgIpc) is 2.65. The summed E-state index contributed by atoms with van der Waals surface area (Å²) in [4.78, 5) is 1.91. The van der Waals surface area contributed by atoms with Crippen LogP contribution >= 0.6 is 0 Å². The van der Waals surface area contributed by atoms with E-state index in [0.29, 0.717) is 13.0 Å². The Bertz CT molecular complexity index is 414. The number of rotatable bonds is 1. The van der Waals surface area contributed by atoms with Crippen LogP contribution in [-0.2, 0) is 0 Å². The predicted molar refractivity (Wildman–Crippen MR) is 54.0 cm³/mol.